The SMILES string of the molecule is CNC(=O)c1cccc(NC(=O)c2nc(-c3ccc(OC)c(-c4c(C)cccc4C)c3)[nH]c2C)c1. The number of anilines is 1. The maximum Gasteiger partial charge on any atom is 0.276 e. The number of imidazole rings is 1. The highest BCUT2D eigenvalue weighted by atomic mass is 16.5. The van der Waals surface area contributed by atoms with E-state index in [-0.39, 0.29) is 17.5 Å². The molecular formula is C28H28N4O3. The second-order valence-electron chi connectivity index (χ2n) is 8.35. The predicted octanol–water partition coefficient (Wildman–Crippen LogP) is 5.29. The van der Waals surface area contributed by atoms with Gasteiger partial charge in [-0.05, 0) is 73.9 Å². The van der Waals surface area contributed by atoms with Crippen molar-refractivity contribution in [2.75, 3.05) is 19.5 Å². The van der Waals surface area contributed by atoms with Gasteiger partial charge in [0.05, 0.1) is 7.11 Å². The van der Waals surface area contributed by atoms with Gasteiger partial charge in [-0.15, -0.1) is 0 Å². The van der Waals surface area contributed by atoms with E-state index < -0.39 is 0 Å². The highest BCUT2D eigenvalue weighted by molar-refractivity contribution is 6.05. The summed E-state index contributed by atoms with van der Waals surface area (Å²) >= 11 is 0. The predicted molar refractivity (Wildman–Crippen MR) is 138 cm³/mol. The molecular weight excluding hydrogens is 440 g/mol. The van der Waals surface area contributed by atoms with Crippen molar-refractivity contribution >= 4 is 17.5 Å². The third kappa shape index (κ3) is 4.80. The molecule has 0 aliphatic rings. The first kappa shape index (κ1) is 23.8. The maximum absolute atomic E-state index is 13.0. The number of hydrogen-bond acceptors (Lipinski definition) is 4. The summed E-state index contributed by atoms with van der Waals surface area (Å²) in [7, 11) is 3.22. The van der Waals surface area contributed by atoms with Crippen molar-refractivity contribution in [3.8, 4) is 28.3 Å². The van der Waals surface area contributed by atoms with Crippen molar-refractivity contribution in [2.24, 2.45) is 0 Å². The van der Waals surface area contributed by atoms with Gasteiger partial charge < -0.3 is 20.4 Å². The van der Waals surface area contributed by atoms with Gasteiger partial charge in [0.2, 0.25) is 0 Å². The number of carbonyl (C=O) groups is 2. The molecule has 0 radical (unpaired) electrons. The zero-order valence-electron chi connectivity index (χ0n) is 20.4. The van der Waals surface area contributed by atoms with E-state index in [0.29, 0.717) is 22.8 Å². The van der Waals surface area contributed by atoms with Crippen LogP contribution in [-0.2, 0) is 0 Å². The monoisotopic (exact) mass is 468 g/mol. The summed E-state index contributed by atoms with van der Waals surface area (Å²) in [5, 5.41) is 5.41. The van der Waals surface area contributed by atoms with Gasteiger partial charge in [0.1, 0.15) is 17.3 Å². The van der Waals surface area contributed by atoms with Gasteiger partial charge in [-0.2, -0.15) is 0 Å². The van der Waals surface area contributed by atoms with E-state index in [4.69, 9.17) is 4.74 Å². The zero-order chi connectivity index (χ0) is 25.1. The molecule has 0 unspecified atom stereocenters. The van der Waals surface area contributed by atoms with Crippen LogP contribution in [0.1, 0.15) is 37.7 Å². The number of aryl methyl sites for hydroxylation is 3. The average Bonchev–Trinajstić information content (AvgIpc) is 3.25. The van der Waals surface area contributed by atoms with Crippen LogP contribution in [0.2, 0.25) is 0 Å². The van der Waals surface area contributed by atoms with Crippen LogP contribution in [0.5, 0.6) is 5.75 Å². The summed E-state index contributed by atoms with van der Waals surface area (Å²) in [5.74, 6) is 0.770. The third-order valence-corrected chi connectivity index (χ3v) is 5.93. The molecule has 7 heteroatoms. The molecule has 2 amide bonds. The lowest BCUT2D eigenvalue weighted by atomic mass is 9.94. The number of methoxy groups -OCH3 is 1. The lowest BCUT2D eigenvalue weighted by molar-refractivity contribution is 0.0961. The van der Waals surface area contributed by atoms with Gasteiger partial charge in [0.25, 0.3) is 11.8 Å². The minimum atomic E-state index is -0.359. The van der Waals surface area contributed by atoms with E-state index in [9.17, 15) is 9.59 Å². The van der Waals surface area contributed by atoms with E-state index in [2.05, 4.69) is 46.6 Å². The van der Waals surface area contributed by atoms with E-state index in [1.54, 1.807) is 38.4 Å². The van der Waals surface area contributed by atoms with E-state index >= 15 is 0 Å². The molecule has 7 nitrogen and oxygen atoms in total. The van der Waals surface area contributed by atoms with Gasteiger partial charge in [0.15, 0.2) is 0 Å². The Morgan fingerprint density at radius 2 is 1.63 bits per heavy atom. The van der Waals surface area contributed by atoms with Gasteiger partial charge in [-0.25, -0.2) is 4.98 Å². The maximum atomic E-state index is 13.0. The number of H-pyrrole nitrogens is 1. The van der Waals surface area contributed by atoms with Crippen LogP contribution in [-0.4, -0.2) is 35.9 Å². The van der Waals surface area contributed by atoms with Crippen LogP contribution >= 0.6 is 0 Å². The number of rotatable bonds is 6. The summed E-state index contributed by atoms with van der Waals surface area (Å²) in [6.07, 6.45) is 0. The number of ether oxygens (including phenoxy) is 1. The van der Waals surface area contributed by atoms with Gasteiger partial charge in [-0.3, -0.25) is 9.59 Å². The van der Waals surface area contributed by atoms with Crippen molar-refractivity contribution in [2.45, 2.75) is 20.8 Å². The molecule has 0 aliphatic carbocycles. The molecule has 0 saturated heterocycles. The summed E-state index contributed by atoms with van der Waals surface area (Å²) in [6, 6.07) is 18.8. The first-order valence-corrected chi connectivity index (χ1v) is 11.3. The van der Waals surface area contributed by atoms with Crippen molar-refractivity contribution in [1.82, 2.24) is 15.3 Å². The molecule has 0 atom stereocenters. The lowest BCUT2D eigenvalue weighted by Gasteiger charge is -2.15. The average molecular weight is 469 g/mol. The Bertz CT molecular complexity index is 1400. The molecule has 1 aromatic heterocycles. The van der Waals surface area contributed by atoms with Gasteiger partial charge >= 0.3 is 0 Å². The fourth-order valence-electron chi connectivity index (χ4n) is 4.18. The lowest BCUT2D eigenvalue weighted by Crippen LogP contribution is -2.18. The fourth-order valence-corrected chi connectivity index (χ4v) is 4.18. The Balaban J connectivity index is 1.67. The molecule has 0 saturated carbocycles. The summed E-state index contributed by atoms with van der Waals surface area (Å²) < 4.78 is 5.65. The first-order chi connectivity index (χ1) is 16.8. The highest BCUT2D eigenvalue weighted by Crippen LogP contribution is 2.37. The molecule has 1 heterocycles. The van der Waals surface area contributed by atoms with Crippen molar-refractivity contribution in [3.63, 3.8) is 0 Å². The molecule has 4 aromatic rings. The van der Waals surface area contributed by atoms with Crippen molar-refractivity contribution < 1.29 is 14.3 Å². The first-order valence-electron chi connectivity index (χ1n) is 11.3. The topological polar surface area (TPSA) is 96.1 Å². The largest absolute Gasteiger partial charge is 0.496 e. The van der Waals surface area contributed by atoms with Crippen molar-refractivity contribution in [1.29, 1.82) is 0 Å². The number of carbonyl (C=O) groups excluding carboxylic acids is 2. The molecule has 0 fully saturated rings. The Kier molecular flexibility index (Phi) is 6.68. The number of amides is 2. The minimum Gasteiger partial charge on any atom is -0.496 e. The van der Waals surface area contributed by atoms with Gasteiger partial charge in [-0.1, -0.05) is 24.3 Å². The number of nitrogens with zero attached hydrogens (tertiary/aromatic N) is 1. The second kappa shape index (κ2) is 9.85. The molecule has 35 heavy (non-hydrogen) atoms. The zero-order valence-corrected chi connectivity index (χ0v) is 20.4. The molecule has 4 rings (SSSR count). The third-order valence-electron chi connectivity index (χ3n) is 5.93. The Morgan fingerprint density at radius 3 is 2.31 bits per heavy atom. The normalized spacial score (nSPS) is 10.7. The Hall–Kier alpha value is -4.39. The molecule has 3 N–H and O–H groups in total. The van der Waals surface area contributed by atoms with Crippen LogP contribution in [0.4, 0.5) is 5.69 Å². The van der Waals surface area contributed by atoms with Crippen molar-refractivity contribution in [3.05, 3.63) is 88.7 Å². The van der Waals surface area contributed by atoms with E-state index in [1.807, 2.05) is 31.2 Å². The molecule has 0 aliphatic heterocycles. The van der Waals surface area contributed by atoms with Crippen LogP contribution < -0.4 is 15.4 Å². The van der Waals surface area contributed by atoms with E-state index in [0.717, 1.165) is 33.6 Å². The smallest absolute Gasteiger partial charge is 0.276 e. The Morgan fingerprint density at radius 1 is 0.914 bits per heavy atom. The van der Waals surface area contributed by atoms with Crippen LogP contribution in [0.15, 0.2) is 60.7 Å². The molecule has 178 valence electrons. The molecule has 0 bridgehead atoms. The Labute approximate surface area is 204 Å². The molecule has 0 spiro atoms. The minimum absolute atomic E-state index is 0.224. The highest BCUT2D eigenvalue weighted by Gasteiger charge is 2.19. The van der Waals surface area contributed by atoms with E-state index in [1.165, 1.54) is 0 Å². The van der Waals surface area contributed by atoms with Gasteiger partial charge in [0, 0.05) is 35.1 Å². The quantitative estimate of drug-likeness (QED) is 0.358. The summed E-state index contributed by atoms with van der Waals surface area (Å²) in [6.45, 7) is 5.96. The number of aromatic amines is 1. The van der Waals surface area contributed by atoms with Crippen LogP contribution in [0.25, 0.3) is 22.5 Å². The summed E-state index contributed by atoms with van der Waals surface area (Å²) in [5.41, 5.74) is 7.12. The number of nitrogens with one attached hydrogen (secondary N) is 3. The number of aromatic nitrogens is 2. The number of hydrogen-bond donors (Lipinski definition) is 3. The van der Waals surface area contributed by atoms with Crippen LogP contribution in [0.3, 0.4) is 0 Å². The molecule has 3 aromatic carbocycles. The number of benzene rings is 3. The second-order valence-corrected chi connectivity index (χ2v) is 8.35. The summed E-state index contributed by atoms with van der Waals surface area (Å²) in [4.78, 5) is 32.7. The fraction of sp³-hybridized carbons (Fsp3) is 0.179. The standard InChI is InChI=1S/C28H28N4O3/c1-16-8-6-9-17(2)24(16)22-15-19(12-13-23(22)35-5)26-30-18(3)25(32-26)28(34)31-21-11-7-10-20(14-21)27(33)29-4/h6-15H,1-5H3,(H,29,33)(H,30,32)(H,31,34). The van der Waals surface area contributed by atoms with Crippen LogP contribution in [0, 0.1) is 20.8 Å².